The molecule has 33 heavy (non-hydrogen) atoms. The molecule has 1 saturated heterocycles. The number of rotatable bonds is 5. The van der Waals surface area contributed by atoms with Crippen LogP contribution in [0.4, 0.5) is 5.69 Å². The first-order valence-electron chi connectivity index (χ1n) is 11.6. The first-order chi connectivity index (χ1) is 16.1. The first-order valence-corrected chi connectivity index (χ1v) is 11.9. The second-order valence-electron chi connectivity index (χ2n) is 8.92. The van der Waals surface area contributed by atoms with Crippen LogP contribution in [0, 0.1) is 5.92 Å². The molecule has 3 unspecified atom stereocenters. The SMILES string of the molecule is CC(=NNC(=O)CN1CCOCC1)c1ccc2c(c1)C1C=CCC1C(c1ccccc1Cl)N2. The van der Waals surface area contributed by atoms with Crippen molar-refractivity contribution in [2.45, 2.75) is 25.3 Å². The monoisotopic (exact) mass is 464 g/mol. The van der Waals surface area contributed by atoms with E-state index < -0.39 is 0 Å². The van der Waals surface area contributed by atoms with Gasteiger partial charge in [0, 0.05) is 29.7 Å². The number of ether oxygens (including phenoxy) is 1. The molecule has 5 rings (SSSR count). The Hall–Kier alpha value is -2.67. The lowest BCUT2D eigenvalue weighted by atomic mass is 9.76. The highest BCUT2D eigenvalue weighted by Gasteiger charge is 2.38. The van der Waals surface area contributed by atoms with E-state index in [1.807, 2.05) is 25.1 Å². The lowest BCUT2D eigenvalue weighted by molar-refractivity contribution is -0.123. The van der Waals surface area contributed by atoms with Gasteiger partial charge in [0.05, 0.1) is 31.5 Å². The average Bonchev–Trinajstić information content (AvgIpc) is 3.33. The summed E-state index contributed by atoms with van der Waals surface area (Å²) in [5, 5.41) is 8.91. The summed E-state index contributed by atoms with van der Waals surface area (Å²) in [6.07, 6.45) is 5.60. The van der Waals surface area contributed by atoms with Gasteiger partial charge in [0.25, 0.3) is 5.91 Å². The smallest absolute Gasteiger partial charge is 0.254 e. The van der Waals surface area contributed by atoms with Gasteiger partial charge in [-0.05, 0) is 54.2 Å². The number of carbonyl (C=O) groups is 1. The largest absolute Gasteiger partial charge is 0.379 e. The molecule has 0 radical (unpaired) electrons. The molecule has 1 aliphatic carbocycles. The number of hydrogen-bond donors (Lipinski definition) is 2. The zero-order valence-electron chi connectivity index (χ0n) is 18.8. The molecule has 7 heteroatoms. The Morgan fingerprint density at radius 1 is 1.21 bits per heavy atom. The third-order valence-corrected chi connectivity index (χ3v) is 7.18. The Morgan fingerprint density at radius 2 is 2.03 bits per heavy atom. The van der Waals surface area contributed by atoms with Crippen LogP contribution >= 0.6 is 11.6 Å². The van der Waals surface area contributed by atoms with Crippen molar-refractivity contribution in [3.8, 4) is 0 Å². The molecule has 2 aromatic rings. The quantitative estimate of drug-likeness (QED) is 0.392. The van der Waals surface area contributed by atoms with E-state index >= 15 is 0 Å². The minimum atomic E-state index is -0.0998. The molecule has 0 saturated carbocycles. The number of anilines is 1. The van der Waals surface area contributed by atoms with Gasteiger partial charge < -0.3 is 10.1 Å². The third-order valence-electron chi connectivity index (χ3n) is 6.84. The van der Waals surface area contributed by atoms with Gasteiger partial charge in [-0.3, -0.25) is 9.69 Å². The summed E-state index contributed by atoms with van der Waals surface area (Å²) >= 11 is 6.54. The van der Waals surface area contributed by atoms with E-state index in [4.69, 9.17) is 16.3 Å². The summed E-state index contributed by atoms with van der Waals surface area (Å²) in [7, 11) is 0. The van der Waals surface area contributed by atoms with E-state index in [0.717, 1.165) is 47.1 Å². The summed E-state index contributed by atoms with van der Waals surface area (Å²) in [5.74, 6) is 0.640. The number of carbonyl (C=O) groups excluding carboxylic acids is 1. The number of benzene rings is 2. The molecule has 6 nitrogen and oxygen atoms in total. The predicted molar refractivity (Wildman–Crippen MR) is 132 cm³/mol. The van der Waals surface area contributed by atoms with Gasteiger partial charge in [0.2, 0.25) is 0 Å². The van der Waals surface area contributed by atoms with E-state index in [9.17, 15) is 4.79 Å². The molecule has 1 fully saturated rings. The lowest BCUT2D eigenvalue weighted by Crippen LogP contribution is -2.42. The second kappa shape index (κ2) is 9.67. The maximum atomic E-state index is 12.3. The first kappa shape index (κ1) is 22.1. The number of allylic oxidation sites excluding steroid dienone is 2. The molecule has 2 aliphatic heterocycles. The van der Waals surface area contributed by atoms with Crippen molar-refractivity contribution in [1.29, 1.82) is 0 Å². The van der Waals surface area contributed by atoms with E-state index in [-0.39, 0.29) is 11.9 Å². The molecule has 3 atom stereocenters. The summed E-state index contributed by atoms with van der Waals surface area (Å²) < 4.78 is 5.33. The average molecular weight is 465 g/mol. The number of nitrogens with zero attached hydrogens (tertiary/aromatic N) is 2. The molecular formula is C26H29ClN4O2. The van der Waals surface area contributed by atoms with Crippen molar-refractivity contribution in [2.75, 3.05) is 38.2 Å². The van der Waals surface area contributed by atoms with Gasteiger partial charge in [-0.25, -0.2) is 5.43 Å². The van der Waals surface area contributed by atoms with Gasteiger partial charge >= 0.3 is 0 Å². The fourth-order valence-electron chi connectivity index (χ4n) is 5.06. The molecule has 1 amide bonds. The minimum absolute atomic E-state index is 0.0998. The number of hydrazone groups is 1. The van der Waals surface area contributed by atoms with Crippen LogP contribution in [-0.2, 0) is 9.53 Å². The summed E-state index contributed by atoms with van der Waals surface area (Å²) in [6, 6.07) is 14.6. The van der Waals surface area contributed by atoms with Crippen molar-refractivity contribution in [1.82, 2.24) is 10.3 Å². The van der Waals surface area contributed by atoms with Crippen molar-refractivity contribution >= 4 is 28.9 Å². The minimum Gasteiger partial charge on any atom is -0.379 e. The Kier molecular flexibility index (Phi) is 6.49. The zero-order valence-corrected chi connectivity index (χ0v) is 19.5. The lowest BCUT2D eigenvalue weighted by Gasteiger charge is -2.38. The molecule has 0 spiro atoms. The number of halogens is 1. The topological polar surface area (TPSA) is 66.0 Å². The Balaban J connectivity index is 1.33. The highest BCUT2D eigenvalue weighted by molar-refractivity contribution is 6.31. The number of fused-ring (bicyclic) bond motifs is 3. The van der Waals surface area contributed by atoms with Crippen molar-refractivity contribution in [2.24, 2.45) is 11.0 Å². The Bertz CT molecular complexity index is 1090. The molecule has 0 aromatic heterocycles. The van der Waals surface area contributed by atoms with Crippen LogP contribution in [0.5, 0.6) is 0 Å². The molecular weight excluding hydrogens is 436 g/mol. The van der Waals surface area contributed by atoms with Crippen LogP contribution in [0.3, 0.4) is 0 Å². The van der Waals surface area contributed by atoms with Crippen LogP contribution in [0.2, 0.25) is 5.02 Å². The fraction of sp³-hybridized carbons (Fsp3) is 0.385. The van der Waals surface area contributed by atoms with E-state index in [0.29, 0.717) is 31.6 Å². The van der Waals surface area contributed by atoms with E-state index in [1.165, 1.54) is 5.56 Å². The van der Waals surface area contributed by atoms with Crippen molar-refractivity contribution < 1.29 is 9.53 Å². The number of nitrogens with one attached hydrogen (secondary N) is 2. The van der Waals surface area contributed by atoms with Gasteiger partial charge in [-0.2, -0.15) is 5.10 Å². The van der Waals surface area contributed by atoms with Crippen molar-refractivity contribution in [3.63, 3.8) is 0 Å². The van der Waals surface area contributed by atoms with Gasteiger partial charge in [-0.1, -0.05) is 48.0 Å². The maximum Gasteiger partial charge on any atom is 0.254 e. The molecule has 2 N–H and O–H groups in total. The normalized spacial score (nSPS) is 24.7. The highest BCUT2D eigenvalue weighted by Crippen LogP contribution is 2.50. The summed E-state index contributed by atoms with van der Waals surface area (Å²) in [6.45, 7) is 5.17. The second-order valence-corrected chi connectivity index (χ2v) is 9.33. The van der Waals surface area contributed by atoms with Crippen molar-refractivity contribution in [3.05, 3.63) is 76.3 Å². The molecule has 172 valence electrons. The fourth-order valence-corrected chi connectivity index (χ4v) is 5.32. The number of amides is 1. The van der Waals surface area contributed by atoms with Gasteiger partial charge in [-0.15, -0.1) is 0 Å². The maximum absolute atomic E-state index is 12.3. The molecule has 2 heterocycles. The molecule has 2 aromatic carbocycles. The van der Waals surface area contributed by atoms with E-state index in [2.05, 4.69) is 57.2 Å². The van der Waals surface area contributed by atoms with Crippen LogP contribution in [0.1, 0.15) is 42.0 Å². The predicted octanol–water partition coefficient (Wildman–Crippen LogP) is 4.34. The third kappa shape index (κ3) is 4.69. The summed E-state index contributed by atoms with van der Waals surface area (Å²) in [5.41, 5.74) is 8.05. The van der Waals surface area contributed by atoms with Crippen LogP contribution in [0.15, 0.2) is 59.7 Å². The number of morpholine rings is 1. The molecule has 0 bridgehead atoms. The Morgan fingerprint density at radius 3 is 2.85 bits per heavy atom. The van der Waals surface area contributed by atoms with Crippen LogP contribution < -0.4 is 10.7 Å². The zero-order chi connectivity index (χ0) is 22.8. The Labute approximate surface area is 199 Å². The van der Waals surface area contributed by atoms with E-state index in [1.54, 1.807) is 0 Å². The van der Waals surface area contributed by atoms with Crippen LogP contribution in [-0.4, -0.2) is 49.4 Å². The number of hydrogen-bond acceptors (Lipinski definition) is 5. The van der Waals surface area contributed by atoms with Gasteiger partial charge in [0.15, 0.2) is 0 Å². The highest BCUT2D eigenvalue weighted by atomic mass is 35.5. The molecule has 3 aliphatic rings. The summed E-state index contributed by atoms with van der Waals surface area (Å²) in [4.78, 5) is 14.4. The van der Waals surface area contributed by atoms with Gasteiger partial charge in [0.1, 0.15) is 0 Å². The van der Waals surface area contributed by atoms with Crippen LogP contribution in [0.25, 0.3) is 0 Å². The standard InChI is InChI=1S/C26H29ClN4O2/c1-17(29-30-25(32)16-31-11-13-33-14-12-31)18-9-10-24-22(15-18)19-6-4-7-20(19)26(28-24)21-5-2-3-8-23(21)27/h2-6,8-10,15,19-20,26,28H,7,11-14,16H2,1H3,(H,30,32).